The van der Waals surface area contributed by atoms with E-state index in [9.17, 15) is 0 Å². The monoisotopic (exact) mass is 665 g/mol. The average Bonchev–Trinajstić information content (AvgIpc) is 3.54. The molecule has 0 radical (unpaired) electrons. The molecule has 0 aliphatic carbocycles. The van der Waals surface area contributed by atoms with Gasteiger partial charge < -0.3 is 0 Å². The van der Waals surface area contributed by atoms with Crippen molar-refractivity contribution in [1.82, 2.24) is 15.0 Å². The zero-order valence-corrected chi connectivity index (χ0v) is 27.1. The molecule has 4 heteroatoms. The van der Waals surface area contributed by atoms with Crippen molar-refractivity contribution in [2.75, 3.05) is 0 Å². The van der Waals surface area contributed by atoms with Gasteiger partial charge in [0.1, 0.15) is 0 Å². The first kappa shape index (κ1) is 27.6. The first-order chi connectivity index (χ1) is 23.3. The van der Waals surface area contributed by atoms with Gasteiger partial charge in [-0.2, -0.15) is 0 Å². The fourth-order valence-corrected chi connectivity index (χ4v) is 9.35. The van der Waals surface area contributed by atoms with Crippen molar-refractivity contribution >= 4 is 44.6 Å². The molecule has 0 amide bonds. The van der Waals surface area contributed by atoms with E-state index in [1.165, 1.54) is 41.5 Å². The van der Waals surface area contributed by atoms with Crippen LogP contribution in [0.15, 0.2) is 164 Å². The summed E-state index contributed by atoms with van der Waals surface area (Å²) in [5.74, 6) is 2.00. The molecular weight excluding hydrogens is 637 g/mol. The van der Waals surface area contributed by atoms with Crippen molar-refractivity contribution in [3.63, 3.8) is 0 Å². The molecule has 0 fully saturated rings. The van der Waals surface area contributed by atoms with Crippen molar-refractivity contribution < 1.29 is 0 Å². The summed E-state index contributed by atoms with van der Waals surface area (Å²) in [6.07, 6.45) is 0. The van der Waals surface area contributed by atoms with E-state index in [4.69, 9.17) is 15.0 Å². The predicted molar refractivity (Wildman–Crippen MR) is 196 cm³/mol. The van der Waals surface area contributed by atoms with E-state index < -0.39 is 0 Å². The van der Waals surface area contributed by atoms with Crippen LogP contribution in [0.1, 0.15) is 0 Å². The van der Waals surface area contributed by atoms with Gasteiger partial charge in [-0.25, -0.2) is 0 Å². The maximum absolute atomic E-state index is 5.12. The molecule has 7 aromatic carbocycles. The van der Waals surface area contributed by atoms with E-state index in [1.54, 1.807) is 0 Å². The van der Waals surface area contributed by atoms with Crippen LogP contribution in [0.2, 0.25) is 0 Å². The van der Waals surface area contributed by atoms with Gasteiger partial charge in [0.2, 0.25) is 0 Å². The molecule has 47 heavy (non-hydrogen) atoms. The molecule has 0 saturated heterocycles. The van der Waals surface area contributed by atoms with Gasteiger partial charge in [-0.15, -0.1) is 0 Å². The number of rotatable bonds is 5. The fourth-order valence-electron chi connectivity index (χ4n) is 6.47. The fraction of sp³-hybridized carbons (Fsp3) is 0. The molecule has 220 valence electrons. The summed E-state index contributed by atoms with van der Waals surface area (Å²) in [7, 11) is 0. The Hall–Kier alpha value is -5.67. The standard InChI is InChI=1S/C43H27N3Se/c1-4-14-28(15-5-1)34-22-12-24-36-37-25-13-23-35(40(37)47-39(34)36)32-26-31-20-10-11-21-33(31)38(27-32)43-45-41(29-16-6-2-7-17-29)44-42(46-43)30-18-8-3-9-19-30/h1-27H. The van der Waals surface area contributed by atoms with Crippen LogP contribution in [0.3, 0.4) is 0 Å². The quantitative estimate of drug-likeness (QED) is 0.172. The topological polar surface area (TPSA) is 38.7 Å². The van der Waals surface area contributed by atoms with E-state index in [0.717, 1.165) is 27.5 Å². The number of aromatic nitrogens is 3. The van der Waals surface area contributed by atoms with Gasteiger partial charge in [-0.1, -0.05) is 0 Å². The minimum atomic E-state index is 0.146. The molecule has 0 bridgehead atoms. The Labute approximate surface area is 278 Å². The van der Waals surface area contributed by atoms with Gasteiger partial charge in [0.15, 0.2) is 0 Å². The molecule has 9 rings (SSSR count). The molecule has 0 N–H and O–H groups in total. The number of nitrogens with zero attached hydrogens (tertiary/aromatic N) is 3. The van der Waals surface area contributed by atoms with Crippen LogP contribution in [-0.2, 0) is 0 Å². The third-order valence-corrected chi connectivity index (χ3v) is 11.4. The minimum absolute atomic E-state index is 0.146. The summed E-state index contributed by atoms with van der Waals surface area (Å²) in [4.78, 5) is 15.2. The van der Waals surface area contributed by atoms with E-state index in [1.807, 2.05) is 36.4 Å². The van der Waals surface area contributed by atoms with E-state index in [0.29, 0.717) is 17.5 Å². The second kappa shape index (κ2) is 11.6. The molecule has 0 saturated carbocycles. The summed E-state index contributed by atoms with van der Waals surface area (Å²) in [6, 6.07) is 57.8. The third kappa shape index (κ3) is 4.96. The molecule has 0 aliphatic heterocycles. The Kier molecular flexibility index (Phi) is 6.82. The molecule has 0 aliphatic rings. The molecule has 2 heterocycles. The average molecular weight is 665 g/mol. The molecule has 0 atom stereocenters. The molecular formula is C43H27N3Se. The second-order valence-corrected chi connectivity index (χ2v) is 13.8. The zero-order chi connectivity index (χ0) is 31.2. The van der Waals surface area contributed by atoms with Gasteiger partial charge >= 0.3 is 280 Å². The Morgan fingerprint density at radius 1 is 0.319 bits per heavy atom. The van der Waals surface area contributed by atoms with Crippen molar-refractivity contribution in [2.24, 2.45) is 0 Å². The van der Waals surface area contributed by atoms with Gasteiger partial charge in [0.05, 0.1) is 0 Å². The normalized spacial score (nSPS) is 11.4. The SMILES string of the molecule is c1ccc(-c2nc(-c3ccccc3)nc(-c3cc(-c4cccc5c4[se]c4c(-c6ccccc6)cccc45)cc4ccccc34)n2)cc1. The zero-order valence-electron chi connectivity index (χ0n) is 25.3. The number of fused-ring (bicyclic) bond motifs is 4. The molecule has 2 aromatic heterocycles. The van der Waals surface area contributed by atoms with E-state index in [-0.39, 0.29) is 14.5 Å². The summed E-state index contributed by atoms with van der Waals surface area (Å²) >= 11 is 0.146. The second-order valence-electron chi connectivity index (χ2n) is 11.6. The van der Waals surface area contributed by atoms with Crippen molar-refractivity contribution in [3.8, 4) is 56.4 Å². The summed E-state index contributed by atoms with van der Waals surface area (Å²) in [5.41, 5.74) is 7.97. The van der Waals surface area contributed by atoms with Gasteiger partial charge in [0, 0.05) is 0 Å². The van der Waals surface area contributed by atoms with Gasteiger partial charge in [-0.3, -0.25) is 0 Å². The van der Waals surface area contributed by atoms with Crippen LogP contribution in [-0.4, -0.2) is 29.5 Å². The molecule has 3 nitrogen and oxygen atoms in total. The van der Waals surface area contributed by atoms with Crippen LogP contribution in [0.5, 0.6) is 0 Å². The maximum atomic E-state index is 5.12. The Morgan fingerprint density at radius 2 is 0.787 bits per heavy atom. The van der Waals surface area contributed by atoms with Gasteiger partial charge in [-0.05, 0) is 0 Å². The van der Waals surface area contributed by atoms with E-state index >= 15 is 0 Å². The van der Waals surface area contributed by atoms with Crippen molar-refractivity contribution in [2.45, 2.75) is 0 Å². The van der Waals surface area contributed by atoms with Crippen LogP contribution < -0.4 is 0 Å². The van der Waals surface area contributed by atoms with Crippen LogP contribution in [0.25, 0.3) is 86.5 Å². The Balaban J connectivity index is 1.29. The van der Waals surface area contributed by atoms with Crippen LogP contribution in [0, 0.1) is 0 Å². The molecule has 9 aromatic rings. The number of hydrogen-bond donors (Lipinski definition) is 0. The summed E-state index contributed by atoms with van der Waals surface area (Å²) in [6.45, 7) is 0. The van der Waals surface area contributed by atoms with Gasteiger partial charge in [0.25, 0.3) is 0 Å². The van der Waals surface area contributed by atoms with Crippen LogP contribution >= 0.6 is 0 Å². The number of hydrogen-bond acceptors (Lipinski definition) is 3. The number of benzene rings is 7. The Bertz CT molecular complexity index is 2500. The van der Waals surface area contributed by atoms with Crippen LogP contribution in [0.4, 0.5) is 0 Å². The Morgan fingerprint density at radius 3 is 1.38 bits per heavy atom. The predicted octanol–water partition coefficient (Wildman–Crippen LogP) is 10.7. The first-order valence-corrected chi connectivity index (χ1v) is 17.4. The first-order valence-electron chi connectivity index (χ1n) is 15.7. The summed E-state index contributed by atoms with van der Waals surface area (Å²) < 4.78 is 2.87. The molecule has 0 unspecified atom stereocenters. The molecule has 0 spiro atoms. The summed E-state index contributed by atoms with van der Waals surface area (Å²) in [5, 5.41) is 4.96. The van der Waals surface area contributed by atoms with E-state index in [2.05, 4.69) is 127 Å². The van der Waals surface area contributed by atoms with Crippen molar-refractivity contribution in [1.29, 1.82) is 0 Å². The van der Waals surface area contributed by atoms with Crippen molar-refractivity contribution in [3.05, 3.63) is 164 Å². The third-order valence-electron chi connectivity index (χ3n) is 8.72.